The van der Waals surface area contributed by atoms with Crippen LogP contribution in [0.15, 0.2) is 24.3 Å². The Balaban J connectivity index is 2.58. The zero-order valence-electron chi connectivity index (χ0n) is 13.9. The molecule has 1 aromatic carbocycles. The Hall–Kier alpha value is -1.00. The Morgan fingerprint density at radius 3 is 2.33 bits per heavy atom. The number of aryl methyl sites for hydroxylation is 1. The van der Waals surface area contributed by atoms with Gasteiger partial charge in [-0.1, -0.05) is 36.8 Å². The van der Waals surface area contributed by atoms with Crippen molar-refractivity contribution in [3.8, 4) is 0 Å². The summed E-state index contributed by atoms with van der Waals surface area (Å²) in [5.41, 5.74) is 2.08. The van der Waals surface area contributed by atoms with Gasteiger partial charge in [0.05, 0.1) is 5.75 Å². The van der Waals surface area contributed by atoms with E-state index in [-0.39, 0.29) is 17.3 Å². The molecule has 0 fully saturated rings. The maximum atomic E-state index is 11.8. The van der Waals surface area contributed by atoms with Gasteiger partial charge in [-0.2, -0.15) is 0 Å². The molecule has 0 radical (unpaired) electrons. The molecule has 4 heteroatoms. The average Bonchev–Trinajstić information content (AvgIpc) is 2.37. The van der Waals surface area contributed by atoms with Crippen molar-refractivity contribution in [2.75, 3.05) is 12.8 Å². The number of rotatable bonds is 6. The first-order valence-corrected chi connectivity index (χ1v) is 8.35. The SMILES string of the molecule is CNC(c1ccc(C)cc1)C(C)SCC(=O)OC(C)(C)C. The minimum absolute atomic E-state index is 0.155. The summed E-state index contributed by atoms with van der Waals surface area (Å²) >= 11 is 1.62. The Bertz CT molecular complexity index is 451. The van der Waals surface area contributed by atoms with Crippen molar-refractivity contribution in [2.24, 2.45) is 0 Å². The Kier molecular flexibility index (Phi) is 6.75. The van der Waals surface area contributed by atoms with Crippen LogP contribution in [0.5, 0.6) is 0 Å². The van der Waals surface area contributed by atoms with Crippen molar-refractivity contribution < 1.29 is 9.53 Å². The molecule has 0 saturated carbocycles. The van der Waals surface area contributed by atoms with Gasteiger partial charge in [0.2, 0.25) is 0 Å². The Morgan fingerprint density at radius 2 is 1.86 bits per heavy atom. The first-order valence-electron chi connectivity index (χ1n) is 7.30. The van der Waals surface area contributed by atoms with E-state index in [4.69, 9.17) is 4.74 Å². The summed E-state index contributed by atoms with van der Waals surface area (Å²) in [6.45, 7) is 9.89. The van der Waals surface area contributed by atoms with Crippen LogP contribution < -0.4 is 5.32 Å². The number of ether oxygens (including phenoxy) is 1. The molecule has 21 heavy (non-hydrogen) atoms. The summed E-state index contributed by atoms with van der Waals surface area (Å²) in [6.07, 6.45) is 0. The smallest absolute Gasteiger partial charge is 0.316 e. The van der Waals surface area contributed by atoms with Crippen molar-refractivity contribution in [2.45, 2.75) is 51.5 Å². The lowest BCUT2D eigenvalue weighted by molar-refractivity contribution is -0.151. The molecule has 0 aliphatic heterocycles. The minimum Gasteiger partial charge on any atom is -0.459 e. The second-order valence-corrected chi connectivity index (χ2v) is 7.65. The maximum absolute atomic E-state index is 11.8. The summed E-state index contributed by atoms with van der Waals surface area (Å²) in [4.78, 5) is 11.8. The van der Waals surface area contributed by atoms with Gasteiger partial charge in [0.15, 0.2) is 0 Å². The number of carbonyl (C=O) groups is 1. The van der Waals surface area contributed by atoms with Crippen LogP contribution in [0.3, 0.4) is 0 Å². The van der Waals surface area contributed by atoms with Gasteiger partial charge in [0.1, 0.15) is 5.60 Å². The quantitative estimate of drug-likeness (QED) is 0.813. The maximum Gasteiger partial charge on any atom is 0.316 e. The fourth-order valence-electron chi connectivity index (χ4n) is 2.11. The van der Waals surface area contributed by atoms with E-state index >= 15 is 0 Å². The molecule has 118 valence electrons. The van der Waals surface area contributed by atoms with E-state index in [1.54, 1.807) is 11.8 Å². The number of hydrogen-bond donors (Lipinski definition) is 1. The van der Waals surface area contributed by atoms with Crippen LogP contribution in [0.25, 0.3) is 0 Å². The fourth-order valence-corrected chi connectivity index (χ4v) is 3.06. The zero-order chi connectivity index (χ0) is 16.0. The van der Waals surface area contributed by atoms with Gasteiger partial charge in [-0.3, -0.25) is 4.79 Å². The number of nitrogens with one attached hydrogen (secondary N) is 1. The lowest BCUT2D eigenvalue weighted by Gasteiger charge is -2.24. The molecule has 0 aromatic heterocycles. The number of esters is 1. The summed E-state index contributed by atoms with van der Waals surface area (Å²) in [5.74, 6) is 0.223. The van der Waals surface area contributed by atoms with E-state index in [2.05, 4.69) is 43.4 Å². The first kappa shape index (κ1) is 18.1. The van der Waals surface area contributed by atoms with Crippen LogP contribution >= 0.6 is 11.8 Å². The molecular weight excluding hydrogens is 282 g/mol. The fraction of sp³-hybridized carbons (Fsp3) is 0.588. The number of carbonyl (C=O) groups excluding carboxylic acids is 1. The molecular formula is C17H27NO2S. The highest BCUT2D eigenvalue weighted by molar-refractivity contribution is 8.00. The topological polar surface area (TPSA) is 38.3 Å². The third kappa shape index (κ3) is 6.53. The van der Waals surface area contributed by atoms with Crippen LogP contribution in [-0.2, 0) is 9.53 Å². The molecule has 3 nitrogen and oxygen atoms in total. The molecule has 0 aliphatic carbocycles. The summed E-state index contributed by atoms with van der Waals surface area (Å²) in [5, 5.41) is 3.62. The second kappa shape index (κ2) is 7.85. The van der Waals surface area contributed by atoms with E-state index in [0.717, 1.165) is 0 Å². The van der Waals surface area contributed by atoms with Gasteiger partial charge in [-0.05, 0) is 40.3 Å². The predicted molar refractivity (Wildman–Crippen MR) is 90.7 cm³/mol. The average molecular weight is 309 g/mol. The zero-order valence-corrected chi connectivity index (χ0v) is 14.7. The molecule has 2 unspecified atom stereocenters. The second-order valence-electron chi connectivity index (χ2n) is 6.28. The van der Waals surface area contributed by atoms with Crippen molar-refractivity contribution in [3.63, 3.8) is 0 Å². The molecule has 0 spiro atoms. The molecule has 1 rings (SSSR count). The third-order valence-electron chi connectivity index (χ3n) is 3.10. The van der Waals surface area contributed by atoms with Crippen molar-refractivity contribution >= 4 is 17.7 Å². The van der Waals surface area contributed by atoms with Gasteiger partial charge in [-0.25, -0.2) is 0 Å². The van der Waals surface area contributed by atoms with Crippen LogP contribution in [0, 0.1) is 6.92 Å². The van der Waals surface area contributed by atoms with Gasteiger partial charge in [-0.15, -0.1) is 11.8 Å². The van der Waals surface area contributed by atoms with Crippen molar-refractivity contribution in [1.82, 2.24) is 5.32 Å². The molecule has 0 saturated heterocycles. The molecule has 0 bridgehead atoms. The molecule has 0 aliphatic rings. The lowest BCUT2D eigenvalue weighted by Crippen LogP contribution is -2.28. The largest absolute Gasteiger partial charge is 0.459 e. The summed E-state index contributed by atoms with van der Waals surface area (Å²) < 4.78 is 5.34. The normalized spacial score (nSPS) is 14.6. The standard InChI is InChI=1S/C17H27NO2S/c1-12-7-9-14(10-8-12)16(18-6)13(2)21-11-15(19)20-17(3,4)5/h7-10,13,16,18H,11H2,1-6H3. The lowest BCUT2D eigenvalue weighted by atomic mass is 10.0. The summed E-state index contributed by atoms with van der Waals surface area (Å²) in [7, 11) is 1.95. The van der Waals surface area contributed by atoms with Crippen LogP contribution in [0.2, 0.25) is 0 Å². The van der Waals surface area contributed by atoms with Gasteiger partial charge in [0, 0.05) is 11.3 Å². The Morgan fingerprint density at radius 1 is 1.29 bits per heavy atom. The molecule has 2 atom stereocenters. The number of thioether (sulfide) groups is 1. The van der Waals surface area contributed by atoms with Crippen molar-refractivity contribution in [1.29, 1.82) is 0 Å². The van der Waals surface area contributed by atoms with Crippen molar-refractivity contribution in [3.05, 3.63) is 35.4 Å². The van der Waals surface area contributed by atoms with E-state index < -0.39 is 5.60 Å². The highest BCUT2D eigenvalue weighted by Gasteiger charge is 2.21. The monoisotopic (exact) mass is 309 g/mol. The molecule has 1 aromatic rings. The highest BCUT2D eigenvalue weighted by atomic mass is 32.2. The van der Waals surface area contributed by atoms with E-state index in [0.29, 0.717) is 5.75 Å². The third-order valence-corrected chi connectivity index (χ3v) is 4.30. The Labute approximate surface area is 132 Å². The molecule has 0 heterocycles. The van der Waals surface area contributed by atoms with Crippen LogP contribution in [0.4, 0.5) is 0 Å². The minimum atomic E-state index is -0.416. The molecule has 0 amide bonds. The first-order chi connectivity index (χ1) is 9.73. The summed E-state index contributed by atoms with van der Waals surface area (Å²) in [6, 6.07) is 8.73. The van der Waals surface area contributed by atoms with Gasteiger partial charge in [0.25, 0.3) is 0 Å². The van der Waals surface area contributed by atoms with Gasteiger partial charge < -0.3 is 10.1 Å². The predicted octanol–water partition coefficient (Wildman–Crippen LogP) is 3.72. The highest BCUT2D eigenvalue weighted by Crippen LogP contribution is 2.26. The van der Waals surface area contributed by atoms with Crippen LogP contribution in [-0.4, -0.2) is 29.6 Å². The molecule has 1 N–H and O–H groups in total. The van der Waals surface area contributed by atoms with E-state index in [9.17, 15) is 4.79 Å². The number of benzene rings is 1. The van der Waals surface area contributed by atoms with Crippen LogP contribution in [0.1, 0.15) is 44.9 Å². The van der Waals surface area contributed by atoms with E-state index in [1.807, 2.05) is 27.8 Å². The van der Waals surface area contributed by atoms with Gasteiger partial charge >= 0.3 is 5.97 Å². The number of hydrogen-bond acceptors (Lipinski definition) is 4. The van der Waals surface area contributed by atoms with E-state index in [1.165, 1.54) is 11.1 Å².